The number of carboxylic acids is 1. The fourth-order valence-corrected chi connectivity index (χ4v) is 2.29. The van der Waals surface area contributed by atoms with E-state index in [0.29, 0.717) is 0 Å². The SMILES string of the molecule is CCCCCCCCCCCCCC/C=C/C(=O)O. The van der Waals surface area contributed by atoms with E-state index in [1.807, 2.05) is 0 Å². The molecule has 1 N–H and O–H groups in total. The molecule has 0 saturated heterocycles. The van der Waals surface area contributed by atoms with Gasteiger partial charge in [0, 0.05) is 6.08 Å². The minimum absolute atomic E-state index is 0.834. The van der Waals surface area contributed by atoms with Gasteiger partial charge >= 0.3 is 5.97 Å². The number of aliphatic carboxylic acids is 1. The molecule has 0 aliphatic carbocycles. The number of allylic oxidation sites excluding steroid dienone is 1. The molecule has 0 atom stereocenters. The molecule has 0 aromatic carbocycles. The van der Waals surface area contributed by atoms with E-state index in [1.54, 1.807) is 6.08 Å². The highest BCUT2D eigenvalue weighted by molar-refractivity contribution is 5.79. The number of rotatable bonds is 14. The van der Waals surface area contributed by atoms with Crippen molar-refractivity contribution in [3.05, 3.63) is 12.2 Å². The van der Waals surface area contributed by atoms with Crippen LogP contribution in [-0.2, 0) is 4.79 Å². The Kier molecular flexibility index (Phi) is 14.6. The summed E-state index contributed by atoms with van der Waals surface area (Å²) in [6.45, 7) is 2.26. The highest BCUT2D eigenvalue weighted by atomic mass is 16.4. The molecule has 0 rings (SSSR count). The van der Waals surface area contributed by atoms with Gasteiger partial charge in [-0.15, -0.1) is 0 Å². The molecule has 0 bridgehead atoms. The maximum absolute atomic E-state index is 10.2. The summed E-state index contributed by atoms with van der Waals surface area (Å²) >= 11 is 0. The van der Waals surface area contributed by atoms with E-state index in [0.717, 1.165) is 12.8 Å². The first-order valence-corrected chi connectivity index (χ1v) is 8.17. The van der Waals surface area contributed by atoms with Crippen molar-refractivity contribution in [3.8, 4) is 0 Å². The molecule has 0 aromatic heterocycles. The molecule has 0 heterocycles. The van der Waals surface area contributed by atoms with Crippen molar-refractivity contribution in [1.29, 1.82) is 0 Å². The van der Waals surface area contributed by atoms with E-state index in [1.165, 1.54) is 76.7 Å². The maximum atomic E-state index is 10.2. The van der Waals surface area contributed by atoms with Crippen LogP contribution in [0.25, 0.3) is 0 Å². The third-order valence-electron chi connectivity index (χ3n) is 3.48. The zero-order chi connectivity index (χ0) is 14.2. The second kappa shape index (κ2) is 15.3. The molecule has 0 amide bonds. The van der Waals surface area contributed by atoms with Gasteiger partial charge in [0.15, 0.2) is 0 Å². The van der Waals surface area contributed by atoms with Crippen molar-refractivity contribution in [2.75, 3.05) is 0 Å². The Bertz CT molecular complexity index is 221. The highest BCUT2D eigenvalue weighted by Gasteiger charge is 1.93. The highest BCUT2D eigenvalue weighted by Crippen LogP contribution is 2.12. The summed E-state index contributed by atoms with van der Waals surface area (Å²) in [7, 11) is 0. The quantitative estimate of drug-likeness (QED) is 0.323. The molecule has 0 aliphatic heterocycles. The van der Waals surface area contributed by atoms with Crippen LogP contribution >= 0.6 is 0 Å². The molecule has 0 fully saturated rings. The summed E-state index contributed by atoms with van der Waals surface area (Å²) < 4.78 is 0. The minimum atomic E-state index is -0.834. The van der Waals surface area contributed by atoms with E-state index in [-0.39, 0.29) is 0 Å². The van der Waals surface area contributed by atoms with Crippen LogP contribution in [0.1, 0.15) is 90.4 Å². The fourth-order valence-electron chi connectivity index (χ4n) is 2.29. The second-order valence-electron chi connectivity index (χ2n) is 5.42. The van der Waals surface area contributed by atoms with E-state index < -0.39 is 5.97 Å². The van der Waals surface area contributed by atoms with Gasteiger partial charge in [-0.2, -0.15) is 0 Å². The second-order valence-corrected chi connectivity index (χ2v) is 5.42. The first kappa shape index (κ1) is 18.2. The molecule has 19 heavy (non-hydrogen) atoms. The Hall–Kier alpha value is -0.790. The number of unbranched alkanes of at least 4 members (excludes halogenated alkanes) is 12. The Labute approximate surface area is 119 Å². The molecule has 0 aromatic rings. The zero-order valence-corrected chi connectivity index (χ0v) is 12.7. The average molecular weight is 268 g/mol. The summed E-state index contributed by atoms with van der Waals surface area (Å²) in [4.78, 5) is 10.2. The van der Waals surface area contributed by atoms with Crippen LogP contribution in [0.2, 0.25) is 0 Å². The first-order chi connectivity index (χ1) is 9.27. The number of carboxylic acid groups (broad SMARTS) is 1. The topological polar surface area (TPSA) is 37.3 Å². The summed E-state index contributed by atoms with van der Waals surface area (Å²) in [5, 5.41) is 8.42. The Balaban J connectivity index is 3.01. The lowest BCUT2D eigenvalue weighted by Crippen LogP contribution is -1.86. The largest absolute Gasteiger partial charge is 0.478 e. The van der Waals surface area contributed by atoms with Gasteiger partial charge in [-0.1, -0.05) is 83.6 Å². The molecule has 2 heteroatoms. The predicted molar refractivity (Wildman–Crippen MR) is 82.5 cm³/mol. The number of hydrogen-bond donors (Lipinski definition) is 1. The molecule has 112 valence electrons. The van der Waals surface area contributed by atoms with Gasteiger partial charge in [-0.3, -0.25) is 0 Å². The van der Waals surface area contributed by atoms with Crippen LogP contribution in [0, 0.1) is 0 Å². The number of hydrogen-bond acceptors (Lipinski definition) is 1. The normalized spacial score (nSPS) is 11.2. The van der Waals surface area contributed by atoms with E-state index >= 15 is 0 Å². The molecular weight excluding hydrogens is 236 g/mol. The van der Waals surface area contributed by atoms with E-state index in [4.69, 9.17) is 5.11 Å². The van der Waals surface area contributed by atoms with Gasteiger partial charge in [0.25, 0.3) is 0 Å². The predicted octanol–water partition coefficient (Wildman–Crippen LogP) is 5.72. The van der Waals surface area contributed by atoms with E-state index in [2.05, 4.69) is 6.92 Å². The molecule has 0 spiro atoms. The van der Waals surface area contributed by atoms with Crippen molar-refractivity contribution in [1.82, 2.24) is 0 Å². The zero-order valence-electron chi connectivity index (χ0n) is 12.7. The van der Waals surface area contributed by atoms with Crippen LogP contribution in [0.3, 0.4) is 0 Å². The molecule has 0 unspecified atom stereocenters. The summed E-state index contributed by atoms with van der Waals surface area (Å²) in [6, 6.07) is 0. The standard InChI is InChI=1S/C17H32O2/c1-2-3-4-5-6-7-8-9-10-11-12-13-14-15-16-17(18)19/h15-16H,2-14H2,1H3,(H,18,19)/b16-15+. The van der Waals surface area contributed by atoms with Gasteiger partial charge in [0.2, 0.25) is 0 Å². The molecule has 2 nitrogen and oxygen atoms in total. The van der Waals surface area contributed by atoms with Gasteiger partial charge in [-0.25, -0.2) is 4.79 Å². The van der Waals surface area contributed by atoms with Crippen molar-refractivity contribution in [2.45, 2.75) is 90.4 Å². The summed E-state index contributed by atoms with van der Waals surface area (Å²) in [5.41, 5.74) is 0. The molecular formula is C17H32O2. The average Bonchev–Trinajstić information content (AvgIpc) is 2.39. The number of carbonyl (C=O) groups is 1. The Morgan fingerprint density at radius 2 is 1.21 bits per heavy atom. The summed E-state index contributed by atoms with van der Waals surface area (Å²) in [6.07, 6.45) is 20.1. The van der Waals surface area contributed by atoms with Crippen LogP contribution < -0.4 is 0 Å². The smallest absolute Gasteiger partial charge is 0.327 e. The van der Waals surface area contributed by atoms with Gasteiger partial charge in [0.05, 0.1) is 0 Å². The van der Waals surface area contributed by atoms with E-state index in [9.17, 15) is 4.79 Å². The third kappa shape index (κ3) is 17.2. The lowest BCUT2D eigenvalue weighted by Gasteiger charge is -2.02. The van der Waals surface area contributed by atoms with Crippen molar-refractivity contribution < 1.29 is 9.90 Å². The molecule has 0 radical (unpaired) electrons. The van der Waals surface area contributed by atoms with Crippen LogP contribution in [0.15, 0.2) is 12.2 Å². The third-order valence-corrected chi connectivity index (χ3v) is 3.48. The Morgan fingerprint density at radius 3 is 1.63 bits per heavy atom. The minimum Gasteiger partial charge on any atom is -0.478 e. The maximum Gasteiger partial charge on any atom is 0.327 e. The van der Waals surface area contributed by atoms with Gasteiger partial charge in [0.1, 0.15) is 0 Å². The van der Waals surface area contributed by atoms with Gasteiger partial charge < -0.3 is 5.11 Å². The van der Waals surface area contributed by atoms with Crippen LogP contribution in [-0.4, -0.2) is 11.1 Å². The lowest BCUT2D eigenvalue weighted by atomic mass is 10.0. The van der Waals surface area contributed by atoms with Crippen molar-refractivity contribution in [3.63, 3.8) is 0 Å². The fraction of sp³-hybridized carbons (Fsp3) is 0.824. The monoisotopic (exact) mass is 268 g/mol. The first-order valence-electron chi connectivity index (χ1n) is 8.17. The van der Waals surface area contributed by atoms with Crippen LogP contribution in [0.4, 0.5) is 0 Å². The van der Waals surface area contributed by atoms with Gasteiger partial charge in [-0.05, 0) is 12.8 Å². The van der Waals surface area contributed by atoms with Crippen LogP contribution in [0.5, 0.6) is 0 Å². The lowest BCUT2D eigenvalue weighted by molar-refractivity contribution is -0.131. The summed E-state index contributed by atoms with van der Waals surface area (Å²) in [5.74, 6) is -0.834. The van der Waals surface area contributed by atoms with Crippen molar-refractivity contribution in [2.24, 2.45) is 0 Å². The van der Waals surface area contributed by atoms with Crippen molar-refractivity contribution >= 4 is 5.97 Å². The molecule has 0 saturated carbocycles. The molecule has 0 aliphatic rings. The Morgan fingerprint density at radius 1 is 0.789 bits per heavy atom.